The predicted molar refractivity (Wildman–Crippen MR) is 141 cm³/mol. The van der Waals surface area contributed by atoms with E-state index in [2.05, 4.69) is 13.8 Å². The first-order chi connectivity index (χ1) is 18.5. The Balaban J connectivity index is 1.24. The molecule has 0 amide bonds. The second-order valence-corrected chi connectivity index (χ2v) is 13.9. The zero-order valence-electron chi connectivity index (χ0n) is 23.9. The Hall–Kier alpha value is -1.48. The molecule has 2 aliphatic heterocycles. The van der Waals surface area contributed by atoms with E-state index >= 15 is 0 Å². The third-order valence-corrected chi connectivity index (χ3v) is 12.3. The lowest BCUT2D eigenvalue weighted by Gasteiger charge is -2.65. The van der Waals surface area contributed by atoms with Crippen LogP contribution in [-0.2, 0) is 28.5 Å². The molecule has 4 saturated carbocycles. The number of carbonyl (C=O) groups is 2. The van der Waals surface area contributed by atoms with Crippen molar-refractivity contribution in [2.75, 3.05) is 6.61 Å². The monoisotopic (exact) mass is 546 g/mol. The molecule has 218 valence electrons. The van der Waals surface area contributed by atoms with Crippen LogP contribution in [0.2, 0.25) is 0 Å². The topological polar surface area (TPSA) is 112 Å². The summed E-state index contributed by atoms with van der Waals surface area (Å²) >= 11 is 0. The molecular weight excluding hydrogens is 500 g/mol. The van der Waals surface area contributed by atoms with Crippen LogP contribution in [0.15, 0.2) is 11.6 Å². The van der Waals surface area contributed by atoms with Crippen molar-refractivity contribution in [1.29, 1.82) is 0 Å². The maximum absolute atomic E-state index is 12.7. The van der Waals surface area contributed by atoms with Gasteiger partial charge in [0.05, 0.1) is 23.9 Å². The van der Waals surface area contributed by atoms with Crippen molar-refractivity contribution in [2.45, 2.75) is 128 Å². The Morgan fingerprint density at radius 3 is 2.54 bits per heavy atom. The van der Waals surface area contributed by atoms with Gasteiger partial charge in [-0.2, -0.15) is 0 Å². The second-order valence-electron chi connectivity index (χ2n) is 13.9. The van der Waals surface area contributed by atoms with Gasteiger partial charge in [0.25, 0.3) is 0 Å². The third-order valence-electron chi connectivity index (χ3n) is 12.3. The van der Waals surface area contributed by atoms with E-state index in [0.29, 0.717) is 18.8 Å². The van der Waals surface area contributed by atoms with E-state index in [9.17, 15) is 19.8 Å². The number of hydrogen-bond donors (Lipinski definition) is 2. The Bertz CT molecular complexity index is 1030. The molecule has 0 unspecified atom stereocenters. The molecule has 0 aromatic heterocycles. The lowest BCUT2D eigenvalue weighted by Crippen LogP contribution is -2.67. The summed E-state index contributed by atoms with van der Waals surface area (Å²) in [7, 11) is 0. The summed E-state index contributed by atoms with van der Waals surface area (Å²) in [6.07, 6.45) is 8.91. The van der Waals surface area contributed by atoms with E-state index in [0.717, 1.165) is 56.9 Å². The summed E-state index contributed by atoms with van der Waals surface area (Å²) < 4.78 is 23.7. The maximum Gasteiger partial charge on any atom is 0.331 e. The van der Waals surface area contributed by atoms with Crippen molar-refractivity contribution in [1.82, 2.24) is 0 Å². The molecule has 6 aliphatic rings. The molecule has 0 aromatic rings. The van der Waals surface area contributed by atoms with Crippen molar-refractivity contribution in [2.24, 2.45) is 34.5 Å². The average molecular weight is 547 g/mol. The molecule has 8 heteroatoms. The molecular formula is C31H46O8. The van der Waals surface area contributed by atoms with Crippen molar-refractivity contribution in [3.05, 3.63) is 11.6 Å². The summed E-state index contributed by atoms with van der Waals surface area (Å²) in [5.41, 5.74) is -0.679. The van der Waals surface area contributed by atoms with E-state index in [1.165, 1.54) is 6.92 Å². The summed E-state index contributed by atoms with van der Waals surface area (Å²) in [6.45, 7) is 8.12. The number of fused-ring (bicyclic) bond motifs is 5. The van der Waals surface area contributed by atoms with Gasteiger partial charge in [0.1, 0.15) is 12.7 Å². The quantitative estimate of drug-likeness (QED) is 0.401. The van der Waals surface area contributed by atoms with Crippen LogP contribution < -0.4 is 0 Å². The van der Waals surface area contributed by atoms with Crippen LogP contribution in [0.1, 0.15) is 91.9 Å². The molecule has 5 fully saturated rings. The van der Waals surface area contributed by atoms with Gasteiger partial charge in [-0.1, -0.05) is 13.8 Å². The number of ether oxygens (including phenoxy) is 4. The SMILES string of the molecule is CC(=O)O[C@@H]1C[C@H]2[C@@H](CC[C@@H]3C[C@@H](O[C@H]4CC[C@@H](O)[C@H](C)O4)CC[C@@]32C)[C@@]2(O)CC[C@H](C3=CC(=O)OC3)[C@@]12C. The van der Waals surface area contributed by atoms with Crippen LogP contribution in [0.5, 0.6) is 0 Å². The minimum atomic E-state index is -0.971. The Morgan fingerprint density at radius 2 is 1.85 bits per heavy atom. The first-order valence-electron chi connectivity index (χ1n) is 15.2. The highest BCUT2D eigenvalue weighted by atomic mass is 16.7. The molecule has 0 radical (unpaired) electrons. The fraction of sp³-hybridized carbons (Fsp3) is 0.871. The molecule has 2 N–H and O–H groups in total. The van der Waals surface area contributed by atoms with Gasteiger partial charge >= 0.3 is 11.9 Å². The van der Waals surface area contributed by atoms with E-state index in [1.54, 1.807) is 6.08 Å². The molecule has 2 heterocycles. The minimum absolute atomic E-state index is 0.0267. The van der Waals surface area contributed by atoms with Gasteiger partial charge in [0, 0.05) is 24.8 Å². The second kappa shape index (κ2) is 9.81. The van der Waals surface area contributed by atoms with Gasteiger partial charge < -0.3 is 29.2 Å². The van der Waals surface area contributed by atoms with Gasteiger partial charge in [0.2, 0.25) is 0 Å². The van der Waals surface area contributed by atoms with Gasteiger partial charge in [0.15, 0.2) is 6.29 Å². The van der Waals surface area contributed by atoms with Crippen molar-refractivity contribution < 1.29 is 38.7 Å². The molecule has 1 saturated heterocycles. The third kappa shape index (κ3) is 4.31. The number of carbonyl (C=O) groups excluding carboxylic acids is 2. The summed E-state index contributed by atoms with van der Waals surface area (Å²) in [4.78, 5) is 24.3. The molecule has 39 heavy (non-hydrogen) atoms. The molecule has 0 aromatic carbocycles. The summed E-state index contributed by atoms with van der Waals surface area (Å²) in [5.74, 6) is 0.150. The summed E-state index contributed by atoms with van der Waals surface area (Å²) in [6, 6.07) is 0. The number of rotatable bonds is 4. The van der Waals surface area contributed by atoms with Gasteiger partial charge in [-0.15, -0.1) is 0 Å². The first-order valence-corrected chi connectivity index (χ1v) is 15.2. The fourth-order valence-corrected chi connectivity index (χ4v) is 10.1. The lowest BCUT2D eigenvalue weighted by atomic mass is 9.42. The van der Waals surface area contributed by atoms with Crippen LogP contribution in [0.3, 0.4) is 0 Å². The smallest absolute Gasteiger partial charge is 0.331 e. The van der Waals surface area contributed by atoms with Crippen LogP contribution in [-0.4, -0.2) is 65.1 Å². The van der Waals surface area contributed by atoms with E-state index in [1.807, 2.05) is 6.92 Å². The van der Waals surface area contributed by atoms with Crippen LogP contribution >= 0.6 is 0 Å². The van der Waals surface area contributed by atoms with Crippen LogP contribution in [0.25, 0.3) is 0 Å². The number of aliphatic hydroxyl groups excluding tert-OH is 1. The van der Waals surface area contributed by atoms with E-state index in [4.69, 9.17) is 18.9 Å². The maximum atomic E-state index is 12.7. The molecule has 12 atom stereocenters. The highest BCUT2D eigenvalue weighted by Crippen LogP contribution is 2.70. The zero-order valence-corrected chi connectivity index (χ0v) is 23.9. The Kier molecular flexibility index (Phi) is 6.96. The van der Waals surface area contributed by atoms with Gasteiger partial charge in [-0.05, 0) is 99.4 Å². The zero-order chi connectivity index (χ0) is 27.7. The fourth-order valence-electron chi connectivity index (χ4n) is 10.1. The van der Waals surface area contributed by atoms with E-state index in [-0.39, 0.29) is 60.2 Å². The van der Waals surface area contributed by atoms with Crippen molar-refractivity contribution in [3.63, 3.8) is 0 Å². The summed E-state index contributed by atoms with van der Waals surface area (Å²) in [5, 5.41) is 22.7. The van der Waals surface area contributed by atoms with E-state index < -0.39 is 23.2 Å². The standard InChI is InChI=1S/C31H46O8/c1-17-25(33)7-8-28(37-17)39-21-9-11-29(3)20(14-21)5-6-23-24(29)15-26(38-18(2)32)30(4)22(10-12-31(23,30)35)19-13-27(34)36-16-19/h13,17,20-26,28,33,35H,5-12,14-16H2,1-4H3/t17-,20+,21-,22+,23+,24-,25+,26+,28-,29-,30-,31-/m0/s1. The number of cyclic esters (lactones) is 1. The number of esters is 2. The molecule has 6 rings (SSSR count). The predicted octanol–water partition coefficient (Wildman–Crippen LogP) is 4.06. The number of hydrogen-bond acceptors (Lipinski definition) is 8. The Morgan fingerprint density at radius 1 is 1.05 bits per heavy atom. The van der Waals surface area contributed by atoms with Crippen molar-refractivity contribution in [3.8, 4) is 0 Å². The minimum Gasteiger partial charge on any atom is -0.462 e. The molecule has 8 nitrogen and oxygen atoms in total. The van der Waals surface area contributed by atoms with Gasteiger partial charge in [-0.3, -0.25) is 4.79 Å². The molecule has 0 spiro atoms. The normalized spacial score (nSPS) is 51.3. The number of aliphatic hydroxyl groups is 2. The lowest BCUT2D eigenvalue weighted by molar-refractivity contribution is -0.264. The van der Waals surface area contributed by atoms with Crippen LogP contribution in [0, 0.1) is 34.5 Å². The van der Waals surface area contributed by atoms with Gasteiger partial charge in [-0.25, -0.2) is 4.79 Å². The average Bonchev–Trinajstić information content (AvgIpc) is 3.42. The molecule has 0 bridgehead atoms. The largest absolute Gasteiger partial charge is 0.462 e. The highest BCUT2D eigenvalue weighted by Gasteiger charge is 2.72. The highest BCUT2D eigenvalue weighted by molar-refractivity contribution is 5.85. The first kappa shape index (κ1) is 27.7. The van der Waals surface area contributed by atoms with Crippen molar-refractivity contribution >= 4 is 11.9 Å². The molecule has 4 aliphatic carbocycles. The van der Waals surface area contributed by atoms with Crippen LogP contribution in [0.4, 0.5) is 0 Å². The Labute approximate surface area is 231 Å².